The predicted molar refractivity (Wildman–Crippen MR) is 79.5 cm³/mol. The lowest BCUT2D eigenvalue weighted by Gasteiger charge is -2.26. The van der Waals surface area contributed by atoms with E-state index in [1.165, 1.54) is 57.5 Å². The van der Waals surface area contributed by atoms with E-state index in [2.05, 4.69) is 4.90 Å². The number of unbranched alkanes of at least 4 members (excludes halogenated alkanes) is 1. The van der Waals surface area contributed by atoms with Gasteiger partial charge in [-0.2, -0.15) is 8.42 Å². The second-order valence-corrected chi connectivity index (χ2v) is 6.90. The number of rotatable bonds is 6. The van der Waals surface area contributed by atoms with Gasteiger partial charge in [0.15, 0.2) is 0 Å². The number of benzene rings is 1. The van der Waals surface area contributed by atoms with Crippen LogP contribution in [0.1, 0.15) is 37.7 Å². The van der Waals surface area contributed by atoms with Crippen LogP contribution in [-0.2, 0) is 16.5 Å². The minimum Gasteiger partial charge on any atom is -0.303 e. The Hall–Kier alpha value is -0.910. The van der Waals surface area contributed by atoms with E-state index >= 15 is 0 Å². The number of nitrogens with zero attached hydrogens (tertiary/aromatic N) is 1. The predicted octanol–water partition coefficient (Wildman–Crippen LogP) is 2.74. The molecule has 0 bridgehead atoms. The molecule has 4 nitrogen and oxygen atoms in total. The number of piperidine rings is 1. The van der Waals surface area contributed by atoms with Crippen molar-refractivity contribution in [1.82, 2.24) is 4.90 Å². The van der Waals surface area contributed by atoms with Crippen molar-refractivity contribution in [2.24, 2.45) is 0 Å². The quantitative estimate of drug-likeness (QED) is 0.648. The van der Waals surface area contributed by atoms with Crippen molar-refractivity contribution in [3.63, 3.8) is 0 Å². The number of aryl methyl sites for hydroxylation is 1. The van der Waals surface area contributed by atoms with Crippen molar-refractivity contribution in [2.45, 2.75) is 43.4 Å². The van der Waals surface area contributed by atoms with E-state index in [0.717, 1.165) is 18.4 Å². The van der Waals surface area contributed by atoms with Crippen LogP contribution in [0.25, 0.3) is 0 Å². The van der Waals surface area contributed by atoms with E-state index in [0.29, 0.717) is 0 Å². The Balaban J connectivity index is 1.71. The standard InChI is InChI=1S/C15H23NO3S/c17-20(18,19)15-9-7-14(8-10-15)6-2-5-13-16-11-3-1-4-12-16/h7-10H,1-6,11-13H2,(H,17,18,19). The first kappa shape index (κ1) is 15.5. The fourth-order valence-electron chi connectivity index (χ4n) is 2.68. The van der Waals surface area contributed by atoms with Crippen molar-refractivity contribution in [2.75, 3.05) is 19.6 Å². The van der Waals surface area contributed by atoms with Crippen molar-refractivity contribution in [1.29, 1.82) is 0 Å². The first-order chi connectivity index (χ1) is 9.55. The van der Waals surface area contributed by atoms with Gasteiger partial charge in [0.25, 0.3) is 10.1 Å². The molecule has 5 heteroatoms. The van der Waals surface area contributed by atoms with Crippen molar-refractivity contribution >= 4 is 10.1 Å². The average Bonchev–Trinajstić information content (AvgIpc) is 2.44. The molecule has 0 radical (unpaired) electrons. The molecule has 0 saturated carbocycles. The molecule has 1 aromatic carbocycles. The van der Waals surface area contributed by atoms with Crippen LogP contribution in [-0.4, -0.2) is 37.5 Å². The maximum Gasteiger partial charge on any atom is 0.294 e. The zero-order valence-electron chi connectivity index (χ0n) is 11.8. The van der Waals surface area contributed by atoms with Gasteiger partial charge in [-0.3, -0.25) is 4.55 Å². The zero-order chi connectivity index (χ0) is 14.4. The van der Waals surface area contributed by atoms with E-state index in [-0.39, 0.29) is 4.90 Å². The fourth-order valence-corrected chi connectivity index (χ4v) is 3.16. The van der Waals surface area contributed by atoms with Crippen LogP contribution in [0.2, 0.25) is 0 Å². The molecule has 0 spiro atoms. The van der Waals surface area contributed by atoms with Gasteiger partial charge in [-0.05, 0) is 69.4 Å². The molecule has 0 aliphatic carbocycles. The molecule has 1 aliphatic rings. The third-order valence-corrected chi connectivity index (χ3v) is 4.73. The Kier molecular flexibility index (Phi) is 5.57. The Morgan fingerprint density at radius 3 is 2.25 bits per heavy atom. The topological polar surface area (TPSA) is 57.6 Å². The average molecular weight is 297 g/mol. The highest BCUT2D eigenvalue weighted by Gasteiger charge is 2.10. The van der Waals surface area contributed by atoms with Gasteiger partial charge in [0, 0.05) is 0 Å². The van der Waals surface area contributed by atoms with Gasteiger partial charge in [-0.15, -0.1) is 0 Å². The Labute approximate surface area is 121 Å². The van der Waals surface area contributed by atoms with Gasteiger partial charge in [-0.25, -0.2) is 0 Å². The molecule has 0 aromatic heterocycles. The molecule has 0 atom stereocenters. The van der Waals surface area contributed by atoms with Gasteiger partial charge in [0.1, 0.15) is 0 Å². The molecular weight excluding hydrogens is 274 g/mol. The second-order valence-electron chi connectivity index (χ2n) is 5.48. The monoisotopic (exact) mass is 297 g/mol. The van der Waals surface area contributed by atoms with Crippen LogP contribution in [0.15, 0.2) is 29.2 Å². The van der Waals surface area contributed by atoms with Crippen LogP contribution >= 0.6 is 0 Å². The van der Waals surface area contributed by atoms with Crippen molar-refractivity contribution in [3.05, 3.63) is 29.8 Å². The number of hydrogen-bond donors (Lipinski definition) is 1. The van der Waals surface area contributed by atoms with Gasteiger partial charge in [0.2, 0.25) is 0 Å². The summed E-state index contributed by atoms with van der Waals surface area (Å²) in [7, 11) is -4.07. The third-order valence-electron chi connectivity index (χ3n) is 3.86. The highest BCUT2D eigenvalue weighted by molar-refractivity contribution is 7.85. The summed E-state index contributed by atoms with van der Waals surface area (Å²) in [6.45, 7) is 3.65. The Morgan fingerprint density at radius 2 is 1.65 bits per heavy atom. The molecule has 1 saturated heterocycles. The van der Waals surface area contributed by atoms with Gasteiger partial charge in [-0.1, -0.05) is 18.6 Å². The molecule has 0 amide bonds. The first-order valence-electron chi connectivity index (χ1n) is 7.34. The van der Waals surface area contributed by atoms with Crippen LogP contribution in [0.4, 0.5) is 0 Å². The highest BCUT2D eigenvalue weighted by Crippen LogP contribution is 2.13. The molecule has 1 aliphatic heterocycles. The molecule has 2 rings (SSSR count). The lowest BCUT2D eigenvalue weighted by molar-refractivity contribution is 0.225. The summed E-state index contributed by atoms with van der Waals surface area (Å²) in [5, 5.41) is 0. The summed E-state index contributed by atoms with van der Waals surface area (Å²) in [4.78, 5) is 2.50. The summed E-state index contributed by atoms with van der Waals surface area (Å²) in [5.74, 6) is 0. The third kappa shape index (κ3) is 4.89. The minimum atomic E-state index is -4.07. The van der Waals surface area contributed by atoms with Gasteiger partial charge >= 0.3 is 0 Å². The first-order valence-corrected chi connectivity index (χ1v) is 8.78. The number of likely N-dealkylation sites (tertiary alicyclic amines) is 1. The Bertz CT molecular complexity index is 504. The molecular formula is C15H23NO3S. The molecule has 112 valence electrons. The van der Waals surface area contributed by atoms with E-state index in [4.69, 9.17) is 4.55 Å². The number of hydrogen-bond acceptors (Lipinski definition) is 3. The maximum atomic E-state index is 10.9. The normalized spacial score (nSPS) is 17.2. The van der Waals surface area contributed by atoms with E-state index in [9.17, 15) is 8.42 Å². The molecule has 1 aromatic rings. The lowest BCUT2D eigenvalue weighted by Crippen LogP contribution is -2.30. The van der Waals surface area contributed by atoms with Crippen LogP contribution in [0.3, 0.4) is 0 Å². The fraction of sp³-hybridized carbons (Fsp3) is 0.600. The van der Waals surface area contributed by atoms with E-state index < -0.39 is 10.1 Å². The zero-order valence-corrected chi connectivity index (χ0v) is 12.6. The van der Waals surface area contributed by atoms with Crippen LogP contribution < -0.4 is 0 Å². The second kappa shape index (κ2) is 7.20. The van der Waals surface area contributed by atoms with Gasteiger partial charge in [0.05, 0.1) is 4.90 Å². The maximum absolute atomic E-state index is 10.9. The molecule has 1 heterocycles. The van der Waals surface area contributed by atoms with E-state index in [1.54, 1.807) is 12.1 Å². The molecule has 20 heavy (non-hydrogen) atoms. The molecule has 1 fully saturated rings. The summed E-state index contributed by atoms with van der Waals surface area (Å²) in [6.07, 6.45) is 7.28. The summed E-state index contributed by atoms with van der Waals surface area (Å²) in [6, 6.07) is 6.50. The largest absolute Gasteiger partial charge is 0.303 e. The smallest absolute Gasteiger partial charge is 0.294 e. The van der Waals surface area contributed by atoms with Crippen LogP contribution in [0, 0.1) is 0 Å². The summed E-state index contributed by atoms with van der Waals surface area (Å²) in [5.41, 5.74) is 1.12. The Morgan fingerprint density at radius 1 is 1.00 bits per heavy atom. The SMILES string of the molecule is O=S(=O)(O)c1ccc(CCCCN2CCCCC2)cc1. The van der Waals surface area contributed by atoms with Crippen molar-refractivity contribution in [3.8, 4) is 0 Å². The van der Waals surface area contributed by atoms with Crippen molar-refractivity contribution < 1.29 is 13.0 Å². The van der Waals surface area contributed by atoms with Crippen LogP contribution in [0.5, 0.6) is 0 Å². The minimum absolute atomic E-state index is 0.0328. The molecule has 1 N–H and O–H groups in total. The molecule has 0 unspecified atom stereocenters. The summed E-state index contributed by atoms with van der Waals surface area (Å²) < 4.78 is 30.8. The summed E-state index contributed by atoms with van der Waals surface area (Å²) >= 11 is 0. The lowest BCUT2D eigenvalue weighted by atomic mass is 10.1. The van der Waals surface area contributed by atoms with E-state index in [1.807, 2.05) is 0 Å². The highest BCUT2D eigenvalue weighted by atomic mass is 32.2. The van der Waals surface area contributed by atoms with Gasteiger partial charge < -0.3 is 4.90 Å².